The standard InChI is InChI=1S/C18H26N2O4/c21-16(8-4-5-9-18(22)23)20-13-14-10-11-19-17(12-14)24-15-6-2-1-3-7-15/h10-12,15H,1-9,13H2,(H,20,21)(H,22,23). The molecule has 0 aromatic carbocycles. The highest BCUT2D eigenvalue weighted by atomic mass is 16.5. The van der Waals surface area contributed by atoms with Gasteiger partial charge in [-0.25, -0.2) is 4.98 Å². The molecule has 2 N–H and O–H groups in total. The van der Waals surface area contributed by atoms with Crippen LogP contribution in [0.2, 0.25) is 0 Å². The fourth-order valence-corrected chi connectivity index (χ4v) is 2.83. The maximum Gasteiger partial charge on any atom is 0.303 e. The van der Waals surface area contributed by atoms with Crippen molar-refractivity contribution in [3.8, 4) is 5.88 Å². The van der Waals surface area contributed by atoms with Crippen molar-refractivity contribution in [2.75, 3.05) is 0 Å². The minimum Gasteiger partial charge on any atom is -0.481 e. The fourth-order valence-electron chi connectivity index (χ4n) is 2.83. The lowest BCUT2D eigenvalue weighted by Gasteiger charge is -2.22. The van der Waals surface area contributed by atoms with Gasteiger partial charge in [0.05, 0.1) is 0 Å². The van der Waals surface area contributed by atoms with Gasteiger partial charge in [0.1, 0.15) is 6.10 Å². The first-order valence-corrected chi connectivity index (χ1v) is 8.73. The highest BCUT2D eigenvalue weighted by molar-refractivity contribution is 5.75. The third kappa shape index (κ3) is 6.98. The number of hydrogen-bond donors (Lipinski definition) is 2. The smallest absolute Gasteiger partial charge is 0.303 e. The maximum absolute atomic E-state index is 11.8. The largest absolute Gasteiger partial charge is 0.481 e. The van der Waals surface area contributed by atoms with Gasteiger partial charge in [0, 0.05) is 31.6 Å². The molecule has 0 aliphatic heterocycles. The van der Waals surface area contributed by atoms with Gasteiger partial charge in [-0.15, -0.1) is 0 Å². The third-order valence-electron chi connectivity index (χ3n) is 4.17. The van der Waals surface area contributed by atoms with Crippen LogP contribution in [0.25, 0.3) is 0 Å². The van der Waals surface area contributed by atoms with E-state index in [1.54, 1.807) is 6.20 Å². The van der Waals surface area contributed by atoms with Crippen molar-refractivity contribution in [3.63, 3.8) is 0 Å². The second kappa shape index (κ2) is 9.90. The van der Waals surface area contributed by atoms with Gasteiger partial charge in [0.25, 0.3) is 0 Å². The van der Waals surface area contributed by atoms with Crippen LogP contribution in [-0.4, -0.2) is 28.1 Å². The van der Waals surface area contributed by atoms with Crippen molar-refractivity contribution in [1.82, 2.24) is 10.3 Å². The van der Waals surface area contributed by atoms with Gasteiger partial charge >= 0.3 is 5.97 Å². The van der Waals surface area contributed by atoms with Gasteiger partial charge in [-0.05, 0) is 50.2 Å². The summed E-state index contributed by atoms with van der Waals surface area (Å²) in [6, 6.07) is 3.73. The Balaban J connectivity index is 1.71. The summed E-state index contributed by atoms with van der Waals surface area (Å²) in [6.07, 6.45) is 9.40. The zero-order chi connectivity index (χ0) is 17.2. The molecule has 1 aliphatic rings. The van der Waals surface area contributed by atoms with E-state index in [2.05, 4.69) is 10.3 Å². The van der Waals surface area contributed by atoms with E-state index in [9.17, 15) is 9.59 Å². The number of carboxylic acid groups (broad SMARTS) is 1. The molecular formula is C18H26N2O4. The quantitative estimate of drug-likeness (QED) is 0.678. The Kier molecular flexibility index (Phi) is 7.52. The van der Waals surface area contributed by atoms with E-state index < -0.39 is 5.97 Å². The number of nitrogens with one attached hydrogen (secondary N) is 1. The van der Waals surface area contributed by atoms with Crippen molar-refractivity contribution >= 4 is 11.9 Å². The first kappa shape index (κ1) is 18.2. The Hall–Kier alpha value is -2.11. The van der Waals surface area contributed by atoms with Crippen LogP contribution in [0.4, 0.5) is 0 Å². The highest BCUT2D eigenvalue weighted by Crippen LogP contribution is 2.22. The Morgan fingerprint density at radius 3 is 2.71 bits per heavy atom. The number of carbonyl (C=O) groups excluding carboxylic acids is 1. The maximum atomic E-state index is 11.8. The number of hydrogen-bond acceptors (Lipinski definition) is 4. The summed E-state index contributed by atoms with van der Waals surface area (Å²) in [5.41, 5.74) is 0.953. The lowest BCUT2D eigenvalue weighted by molar-refractivity contribution is -0.137. The number of aromatic nitrogens is 1. The molecule has 6 nitrogen and oxygen atoms in total. The monoisotopic (exact) mass is 334 g/mol. The second-order valence-electron chi connectivity index (χ2n) is 6.26. The topological polar surface area (TPSA) is 88.5 Å². The Morgan fingerprint density at radius 2 is 1.96 bits per heavy atom. The zero-order valence-corrected chi connectivity index (χ0v) is 14.0. The van der Waals surface area contributed by atoms with Crippen LogP contribution in [0, 0.1) is 0 Å². The Labute approximate surface area is 142 Å². The first-order valence-electron chi connectivity index (χ1n) is 8.73. The molecule has 6 heteroatoms. The molecule has 1 saturated carbocycles. The Bertz CT molecular complexity index is 542. The average molecular weight is 334 g/mol. The number of ether oxygens (including phenoxy) is 1. The number of carboxylic acids is 1. The molecule has 132 valence electrons. The lowest BCUT2D eigenvalue weighted by atomic mass is 9.98. The molecule has 2 rings (SSSR count). The molecule has 1 heterocycles. The highest BCUT2D eigenvalue weighted by Gasteiger charge is 2.15. The molecule has 1 amide bonds. The van der Waals surface area contributed by atoms with Gasteiger partial charge in [-0.1, -0.05) is 6.42 Å². The number of aliphatic carboxylic acids is 1. The van der Waals surface area contributed by atoms with Crippen LogP contribution in [0.5, 0.6) is 5.88 Å². The normalized spacial score (nSPS) is 15.0. The van der Waals surface area contributed by atoms with Gasteiger partial charge in [-0.2, -0.15) is 0 Å². The number of carbonyl (C=O) groups is 2. The van der Waals surface area contributed by atoms with E-state index >= 15 is 0 Å². The molecule has 0 spiro atoms. The van der Waals surface area contributed by atoms with Crippen molar-refractivity contribution < 1.29 is 19.4 Å². The summed E-state index contributed by atoms with van der Waals surface area (Å²) in [4.78, 5) is 26.4. The first-order chi connectivity index (χ1) is 11.6. The SMILES string of the molecule is O=C(O)CCCCC(=O)NCc1ccnc(OC2CCCCC2)c1. The van der Waals surface area contributed by atoms with Crippen LogP contribution < -0.4 is 10.1 Å². The number of nitrogens with zero attached hydrogens (tertiary/aromatic N) is 1. The van der Waals surface area contributed by atoms with Crippen molar-refractivity contribution in [2.45, 2.75) is 70.4 Å². The van der Waals surface area contributed by atoms with Crippen LogP contribution in [0.1, 0.15) is 63.4 Å². The summed E-state index contributed by atoms with van der Waals surface area (Å²) in [5.74, 6) is -0.264. The van der Waals surface area contributed by atoms with Crippen LogP contribution in [0.15, 0.2) is 18.3 Å². The molecule has 1 aromatic heterocycles. The molecule has 1 aromatic rings. The van der Waals surface area contributed by atoms with Crippen molar-refractivity contribution in [1.29, 1.82) is 0 Å². The summed E-state index contributed by atoms with van der Waals surface area (Å²) in [5, 5.41) is 11.4. The summed E-state index contributed by atoms with van der Waals surface area (Å²) in [6.45, 7) is 0.432. The average Bonchev–Trinajstić information content (AvgIpc) is 2.58. The molecule has 1 aliphatic carbocycles. The van der Waals surface area contributed by atoms with Crippen LogP contribution in [-0.2, 0) is 16.1 Å². The van der Waals surface area contributed by atoms with Crippen molar-refractivity contribution in [2.24, 2.45) is 0 Å². The fraction of sp³-hybridized carbons (Fsp3) is 0.611. The molecule has 24 heavy (non-hydrogen) atoms. The van der Waals surface area contributed by atoms with Crippen molar-refractivity contribution in [3.05, 3.63) is 23.9 Å². The second-order valence-corrected chi connectivity index (χ2v) is 6.26. The van der Waals surface area contributed by atoms with E-state index in [1.165, 1.54) is 19.3 Å². The van der Waals surface area contributed by atoms with E-state index in [4.69, 9.17) is 9.84 Å². The molecule has 0 radical (unpaired) electrons. The van der Waals surface area contributed by atoms with Gasteiger partial charge in [-0.3, -0.25) is 9.59 Å². The predicted octanol–water partition coefficient (Wildman–Crippen LogP) is 3.05. The van der Waals surface area contributed by atoms with Gasteiger partial charge in [0.15, 0.2) is 0 Å². The van der Waals surface area contributed by atoms with E-state index in [0.717, 1.165) is 18.4 Å². The van der Waals surface area contributed by atoms with Crippen LogP contribution in [0.3, 0.4) is 0 Å². The van der Waals surface area contributed by atoms with Crippen LogP contribution >= 0.6 is 0 Å². The zero-order valence-electron chi connectivity index (χ0n) is 14.0. The predicted molar refractivity (Wildman–Crippen MR) is 89.7 cm³/mol. The number of pyridine rings is 1. The third-order valence-corrected chi connectivity index (χ3v) is 4.17. The lowest BCUT2D eigenvalue weighted by Crippen LogP contribution is -2.23. The number of amides is 1. The minimum absolute atomic E-state index is 0.0630. The van der Waals surface area contributed by atoms with Gasteiger partial charge < -0.3 is 15.2 Å². The summed E-state index contributed by atoms with van der Waals surface area (Å²) < 4.78 is 5.93. The van der Waals surface area contributed by atoms with Gasteiger partial charge in [0.2, 0.25) is 11.8 Å². The van der Waals surface area contributed by atoms with E-state index in [-0.39, 0.29) is 18.4 Å². The number of rotatable bonds is 9. The van der Waals surface area contributed by atoms with E-state index in [1.807, 2.05) is 12.1 Å². The molecular weight excluding hydrogens is 308 g/mol. The Morgan fingerprint density at radius 1 is 1.21 bits per heavy atom. The van der Waals surface area contributed by atoms with E-state index in [0.29, 0.717) is 31.7 Å². The number of unbranched alkanes of at least 4 members (excludes halogenated alkanes) is 1. The molecule has 1 fully saturated rings. The summed E-state index contributed by atoms with van der Waals surface area (Å²) in [7, 11) is 0. The molecule has 0 atom stereocenters. The molecule has 0 saturated heterocycles. The summed E-state index contributed by atoms with van der Waals surface area (Å²) >= 11 is 0. The molecule has 0 bridgehead atoms. The minimum atomic E-state index is -0.822. The molecule has 0 unspecified atom stereocenters.